The summed E-state index contributed by atoms with van der Waals surface area (Å²) in [5.74, 6) is -0.846. The number of ether oxygens (including phenoxy) is 3. The molecule has 0 spiro atoms. The average molecular weight is 888 g/mol. The Kier molecular flexibility index (Phi) is 13.0. The predicted molar refractivity (Wildman–Crippen MR) is 221 cm³/mol. The van der Waals surface area contributed by atoms with Crippen LogP contribution in [-0.4, -0.2) is 102 Å². The number of alkyl halides is 3. The van der Waals surface area contributed by atoms with Crippen LogP contribution in [-0.2, 0) is 30.4 Å². The smallest absolute Gasteiger partial charge is 0.405 e. The third kappa shape index (κ3) is 9.74. The maximum Gasteiger partial charge on any atom is 0.573 e. The maximum atomic E-state index is 13.3. The van der Waals surface area contributed by atoms with Gasteiger partial charge < -0.3 is 35.5 Å². The van der Waals surface area contributed by atoms with Gasteiger partial charge in [-0.1, -0.05) is 24.3 Å². The Balaban J connectivity index is 0.737. The summed E-state index contributed by atoms with van der Waals surface area (Å²) in [6.07, 6.45) is 1.78. The van der Waals surface area contributed by atoms with Gasteiger partial charge >= 0.3 is 6.36 Å². The summed E-state index contributed by atoms with van der Waals surface area (Å²) >= 11 is 0. The van der Waals surface area contributed by atoms with Crippen molar-refractivity contribution in [1.82, 2.24) is 25.5 Å². The lowest BCUT2D eigenvalue weighted by Gasteiger charge is -2.37. The monoisotopic (exact) mass is 887 g/mol. The van der Waals surface area contributed by atoms with Crippen molar-refractivity contribution < 1.29 is 51.4 Å². The van der Waals surface area contributed by atoms with E-state index in [-0.39, 0.29) is 104 Å². The normalized spacial score (nSPS) is 24.5. The van der Waals surface area contributed by atoms with Crippen molar-refractivity contribution in [3.8, 4) is 11.8 Å². The molecule has 2 aliphatic heterocycles. The van der Waals surface area contributed by atoms with Crippen LogP contribution in [0.15, 0.2) is 48.7 Å². The minimum Gasteiger partial charge on any atom is -0.405 e. The minimum absolute atomic E-state index is 0.0360. The van der Waals surface area contributed by atoms with E-state index in [1.54, 1.807) is 18.2 Å². The molecule has 4 fully saturated rings. The number of halogens is 3. The van der Waals surface area contributed by atoms with Gasteiger partial charge in [0.05, 0.1) is 43.8 Å². The molecule has 1 aromatic heterocycles. The van der Waals surface area contributed by atoms with Crippen molar-refractivity contribution in [1.29, 1.82) is 5.26 Å². The molecule has 17 nitrogen and oxygen atoms in total. The summed E-state index contributed by atoms with van der Waals surface area (Å²) in [6, 6.07) is 11.8. The molecular weight excluding hydrogens is 840 g/mol. The Morgan fingerprint density at radius 1 is 0.953 bits per heavy atom. The maximum absolute atomic E-state index is 13.3. The molecule has 64 heavy (non-hydrogen) atoms. The number of imide groups is 2. The highest BCUT2D eigenvalue weighted by molar-refractivity contribution is 6.25. The number of rotatable bonds is 19. The van der Waals surface area contributed by atoms with Gasteiger partial charge in [0.25, 0.3) is 11.8 Å². The second-order valence-electron chi connectivity index (χ2n) is 17.0. The van der Waals surface area contributed by atoms with Gasteiger partial charge in [-0.2, -0.15) is 10.2 Å². The molecule has 6 atom stereocenters. The fraction of sp³-hybridized carbons (Fsp3) is 0.500. The zero-order valence-electron chi connectivity index (χ0n) is 34.8. The van der Waals surface area contributed by atoms with Crippen molar-refractivity contribution in [2.75, 3.05) is 55.5 Å². The summed E-state index contributed by atoms with van der Waals surface area (Å²) in [6.45, 7) is 1.92. The molecule has 338 valence electrons. The third-order valence-corrected chi connectivity index (χ3v) is 13.0. The number of hydrogen-bond donors (Lipinski definition) is 5. The first-order valence-corrected chi connectivity index (χ1v) is 21.4. The Morgan fingerprint density at radius 3 is 2.55 bits per heavy atom. The molecule has 20 heteroatoms. The van der Waals surface area contributed by atoms with Gasteiger partial charge in [-0.15, -0.1) is 13.2 Å². The second kappa shape index (κ2) is 18.8. The van der Waals surface area contributed by atoms with Crippen LogP contribution in [0, 0.1) is 34.5 Å². The first-order chi connectivity index (χ1) is 30.8. The number of aromatic nitrogens is 2. The Hall–Kier alpha value is -6.33. The topological polar surface area (TPSA) is 226 Å². The number of fused-ring (bicyclic) bond motifs is 2. The van der Waals surface area contributed by atoms with E-state index in [9.17, 15) is 42.4 Å². The van der Waals surface area contributed by atoms with E-state index in [4.69, 9.17) is 9.47 Å². The van der Waals surface area contributed by atoms with Crippen LogP contribution in [0.5, 0.6) is 5.75 Å². The molecule has 0 radical (unpaired) electrons. The molecule has 2 aromatic carbocycles. The van der Waals surface area contributed by atoms with Crippen molar-refractivity contribution in [2.24, 2.45) is 23.2 Å². The standard InChI is InChI=1S/C44H48F3N9O8/c45-44(46,47)64-34-7-2-1-4-26(34)22-50-42-51-23-27(21-48)38(55-42)52-24-43-12-10-25-18-32(30(20-43)29(25)19-43)53-36(58)11-14-62-16-17-63-15-13-49-31-6-3-5-28-37(31)41(61)56(40(28)60)33-8-9-35(57)54-39(33)59/h1-7,23,25,29-30,32-33,49H,8-20,22,24H2,(H,53,58)(H,54,57,59)(H2,50,51,52,55)/t25?,29?,30-,32-,33?,43+/m0/s1. The lowest BCUT2D eigenvalue weighted by Crippen LogP contribution is -2.54. The van der Waals surface area contributed by atoms with Crippen molar-refractivity contribution in [3.63, 3.8) is 0 Å². The predicted octanol–water partition coefficient (Wildman–Crippen LogP) is 4.52. The van der Waals surface area contributed by atoms with Gasteiger partial charge in [0.15, 0.2) is 0 Å². The summed E-state index contributed by atoms with van der Waals surface area (Å²) in [4.78, 5) is 73.0. The summed E-state index contributed by atoms with van der Waals surface area (Å²) < 4.78 is 54.2. The minimum atomic E-state index is -4.84. The molecule has 3 aliphatic carbocycles. The Labute approximate surface area is 366 Å². The Morgan fingerprint density at radius 2 is 1.75 bits per heavy atom. The van der Waals surface area contributed by atoms with E-state index in [1.807, 2.05) is 0 Å². The highest BCUT2D eigenvalue weighted by Gasteiger charge is 2.57. The number of carbonyl (C=O) groups is 5. The summed E-state index contributed by atoms with van der Waals surface area (Å²) in [5.41, 5.74) is 1.27. The van der Waals surface area contributed by atoms with Crippen molar-refractivity contribution in [2.45, 2.75) is 76.4 Å². The van der Waals surface area contributed by atoms with Crippen LogP contribution in [0.1, 0.15) is 83.2 Å². The molecule has 5 aliphatic rings. The number of amides is 5. The first kappa shape index (κ1) is 44.3. The van der Waals surface area contributed by atoms with E-state index in [2.05, 4.69) is 47.4 Å². The van der Waals surface area contributed by atoms with E-state index < -0.39 is 36.0 Å². The number of benzene rings is 2. The molecule has 2 bridgehead atoms. The van der Waals surface area contributed by atoms with Crippen LogP contribution in [0.4, 0.5) is 30.6 Å². The van der Waals surface area contributed by atoms with Gasteiger partial charge in [0.2, 0.25) is 23.7 Å². The second-order valence-corrected chi connectivity index (χ2v) is 17.0. The number of nitrogens with one attached hydrogen (secondary N) is 5. The quantitative estimate of drug-likeness (QED) is 0.0825. The van der Waals surface area contributed by atoms with Gasteiger partial charge in [-0.25, -0.2) is 4.98 Å². The number of nitriles is 1. The van der Waals surface area contributed by atoms with Crippen molar-refractivity contribution in [3.05, 3.63) is 70.9 Å². The molecule has 8 rings (SSSR count). The summed E-state index contributed by atoms with van der Waals surface area (Å²) in [5, 5.41) is 24.7. The number of nitrogens with zero attached hydrogens (tertiary/aromatic N) is 4. The first-order valence-electron chi connectivity index (χ1n) is 21.4. The van der Waals surface area contributed by atoms with E-state index in [1.165, 1.54) is 30.5 Å². The fourth-order valence-electron chi connectivity index (χ4n) is 10.1. The highest BCUT2D eigenvalue weighted by atomic mass is 19.4. The van der Waals surface area contributed by atoms with Crippen LogP contribution in [0.2, 0.25) is 0 Å². The largest absolute Gasteiger partial charge is 0.573 e. The van der Waals surface area contributed by atoms with E-state index in [0.717, 1.165) is 37.0 Å². The number of carbonyl (C=O) groups excluding carboxylic acids is 5. The lowest BCUT2D eigenvalue weighted by molar-refractivity contribution is -0.274. The number of hydrogen-bond acceptors (Lipinski definition) is 14. The lowest BCUT2D eigenvalue weighted by atomic mass is 9.71. The van der Waals surface area contributed by atoms with E-state index in [0.29, 0.717) is 42.3 Å². The third-order valence-electron chi connectivity index (χ3n) is 13.0. The zero-order chi connectivity index (χ0) is 45.0. The number of para-hydroxylation sites is 1. The van der Waals surface area contributed by atoms with E-state index >= 15 is 0 Å². The molecule has 5 N–H and O–H groups in total. The SMILES string of the molecule is N#Cc1cnc(NCc2ccccc2OC(F)(F)F)nc1NC[C@@]12CCC3C[C@H](NC(=O)CCOCCOCCNc4cccc5c4C(=O)N(C4CCC(=O)NC4=O)C5=O)[C@@H](C1)C3C2. The Bertz CT molecular complexity index is 2340. The summed E-state index contributed by atoms with van der Waals surface area (Å²) in [7, 11) is 0. The number of piperidine rings is 1. The van der Waals surface area contributed by atoms with Crippen LogP contribution >= 0.6 is 0 Å². The molecule has 3 aromatic rings. The molecular formula is C44H48F3N9O8. The average Bonchev–Trinajstić information content (AvgIpc) is 3.85. The van der Waals surface area contributed by atoms with Gasteiger partial charge in [0, 0.05) is 49.8 Å². The van der Waals surface area contributed by atoms with Gasteiger partial charge in [-0.3, -0.25) is 34.2 Å². The van der Waals surface area contributed by atoms with Gasteiger partial charge in [-0.05, 0) is 79.9 Å². The van der Waals surface area contributed by atoms with Crippen molar-refractivity contribution >= 4 is 47.0 Å². The zero-order valence-corrected chi connectivity index (χ0v) is 34.8. The number of anilines is 3. The van der Waals surface area contributed by atoms with Crippen LogP contribution in [0.25, 0.3) is 0 Å². The van der Waals surface area contributed by atoms with Crippen LogP contribution < -0.4 is 31.3 Å². The highest BCUT2D eigenvalue weighted by Crippen LogP contribution is 2.62. The molecule has 3 unspecified atom stereocenters. The molecule has 3 saturated carbocycles. The molecule has 1 saturated heterocycles. The fourth-order valence-corrected chi connectivity index (χ4v) is 10.1. The molecule has 5 amide bonds. The molecule has 3 heterocycles. The van der Waals surface area contributed by atoms with Crippen LogP contribution in [0.3, 0.4) is 0 Å². The van der Waals surface area contributed by atoms with Gasteiger partial charge in [0.1, 0.15) is 29.2 Å².